The van der Waals surface area contributed by atoms with Gasteiger partial charge in [-0.25, -0.2) is 4.98 Å². The van der Waals surface area contributed by atoms with E-state index in [1.54, 1.807) is 41.8 Å². The molecule has 30 heavy (non-hydrogen) atoms. The van der Waals surface area contributed by atoms with Crippen LogP contribution in [0.3, 0.4) is 0 Å². The molecule has 0 aliphatic rings. The summed E-state index contributed by atoms with van der Waals surface area (Å²) in [5.41, 5.74) is 6.67. The third-order valence-corrected chi connectivity index (χ3v) is 4.62. The molecule has 2 aromatic carbocycles. The second-order valence-electron chi connectivity index (χ2n) is 6.43. The summed E-state index contributed by atoms with van der Waals surface area (Å²) in [6.45, 7) is 3.99. The first kappa shape index (κ1) is 20.8. The number of aryl methyl sites for hydroxylation is 2. The van der Waals surface area contributed by atoms with Crippen LogP contribution in [-0.2, 0) is 6.54 Å². The third kappa shape index (κ3) is 3.95. The molecule has 0 aliphatic carbocycles. The summed E-state index contributed by atoms with van der Waals surface area (Å²) < 4.78 is 11.9. The van der Waals surface area contributed by atoms with Crippen molar-refractivity contribution in [3.63, 3.8) is 0 Å². The predicted octanol–water partition coefficient (Wildman–Crippen LogP) is 1.82. The van der Waals surface area contributed by atoms with Gasteiger partial charge in [-0.2, -0.15) is 0 Å². The maximum absolute atomic E-state index is 12.5. The van der Waals surface area contributed by atoms with Gasteiger partial charge in [0, 0.05) is 17.7 Å². The Labute approximate surface area is 172 Å². The Balaban J connectivity index is 1.78. The first-order chi connectivity index (χ1) is 14.4. The number of rotatable bonds is 5. The van der Waals surface area contributed by atoms with Crippen LogP contribution in [-0.4, -0.2) is 35.6 Å². The number of hydrogen-bond donors (Lipinski definition) is 2. The molecule has 2 N–H and O–H groups in total. The average Bonchev–Trinajstić information content (AvgIpc) is 2.77. The van der Waals surface area contributed by atoms with Crippen LogP contribution >= 0.6 is 0 Å². The molecule has 3 aromatic rings. The van der Waals surface area contributed by atoms with Crippen LogP contribution in [0.1, 0.15) is 33.3 Å². The van der Waals surface area contributed by atoms with E-state index in [4.69, 9.17) is 9.47 Å². The minimum absolute atomic E-state index is 0.163. The van der Waals surface area contributed by atoms with E-state index >= 15 is 0 Å². The number of carbonyl (C=O) groups excluding carboxylic acids is 2. The Kier molecular flexibility index (Phi) is 6.01. The SMILES string of the molecule is CCn1c(=O)c(C)nc2cc(C(=O)NNC(=O)c3ccc(OC)c(OC)c3)ccc21. The lowest BCUT2D eigenvalue weighted by Crippen LogP contribution is -2.41. The molecule has 9 heteroatoms. The van der Waals surface area contributed by atoms with Gasteiger partial charge in [-0.05, 0) is 50.2 Å². The van der Waals surface area contributed by atoms with E-state index in [1.165, 1.54) is 20.3 Å². The Morgan fingerprint density at radius 3 is 2.17 bits per heavy atom. The van der Waals surface area contributed by atoms with Crippen LogP contribution in [0.2, 0.25) is 0 Å². The number of nitrogens with one attached hydrogen (secondary N) is 2. The van der Waals surface area contributed by atoms with E-state index in [-0.39, 0.29) is 11.1 Å². The standard InChI is InChI=1S/C21H22N4O5/c1-5-25-16-8-6-13(10-15(16)22-12(2)21(25)28)19(26)23-24-20(27)14-7-9-17(29-3)18(11-14)30-4/h6-11H,5H2,1-4H3,(H,23,26)(H,24,27). The molecule has 1 aromatic heterocycles. The fourth-order valence-electron chi connectivity index (χ4n) is 3.06. The van der Waals surface area contributed by atoms with Crippen molar-refractivity contribution < 1.29 is 19.1 Å². The smallest absolute Gasteiger partial charge is 0.272 e. The molecular weight excluding hydrogens is 388 g/mol. The number of hydrogen-bond acceptors (Lipinski definition) is 6. The zero-order chi connectivity index (χ0) is 21.8. The number of ether oxygens (including phenoxy) is 2. The molecule has 0 unspecified atom stereocenters. The highest BCUT2D eigenvalue weighted by molar-refractivity contribution is 6.00. The van der Waals surface area contributed by atoms with Crippen molar-refractivity contribution in [3.05, 3.63) is 63.6 Å². The summed E-state index contributed by atoms with van der Waals surface area (Å²) in [7, 11) is 2.96. The molecule has 0 atom stereocenters. The Morgan fingerprint density at radius 1 is 0.967 bits per heavy atom. The molecule has 156 valence electrons. The summed E-state index contributed by atoms with van der Waals surface area (Å²) in [4.78, 5) is 41.3. The van der Waals surface area contributed by atoms with E-state index in [0.717, 1.165) is 0 Å². The summed E-state index contributed by atoms with van der Waals surface area (Å²) in [5.74, 6) is -0.143. The van der Waals surface area contributed by atoms with E-state index < -0.39 is 11.8 Å². The van der Waals surface area contributed by atoms with E-state index in [0.29, 0.717) is 40.3 Å². The van der Waals surface area contributed by atoms with Crippen molar-refractivity contribution in [2.75, 3.05) is 14.2 Å². The summed E-state index contributed by atoms with van der Waals surface area (Å²) in [5, 5.41) is 0. The van der Waals surface area contributed by atoms with Crippen molar-refractivity contribution in [1.82, 2.24) is 20.4 Å². The molecule has 2 amide bonds. The number of hydrazine groups is 1. The van der Waals surface area contributed by atoms with Crippen LogP contribution < -0.4 is 25.9 Å². The highest BCUT2D eigenvalue weighted by Crippen LogP contribution is 2.27. The molecule has 0 aliphatic heterocycles. The normalized spacial score (nSPS) is 10.5. The van der Waals surface area contributed by atoms with Crippen LogP contribution in [0.5, 0.6) is 11.5 Å². The number of benzene rings is 2. The fourth-order valence-corrected chi connectivity index (χ4v) is 3.06. The molecule has 1 heterocycles. The van der Waals surface area contributed by atoms with Gasteiger partial charge in [-0.1, -0.05) is 0 Å². The molecule has 0 bridgehead atoms. The van der Waals surface area contributed by atoms with Gasteiger partial charge in [0.2, 0.25) is 0 Å². The second kappa shape index (κ2) is 8.64. The lowest BCUT2D eigenvalue weighted by Gasteiger charge is -2.12. The highest BCUT2D eigenvalue weighted by atomic mass is 16.5. The van der Waals surface area contributed by atoms with E-state index in [1.807, 2.05) is 6.92 Å². The van der Waals surface area contributed by atoms with Gasteiger partial charge >= 0.3 is 0 Å². The van der Waals surface area contributed by atoms with Crippen LogP contribution in [0.15, 0.2) is 41.2 Å². The van der Waals surface area contributed by atoms with Gasteiger partial charge in [0.05, 0.1) is 25.3 Å². The number of carbonyl (C=O) groups is 2. The first-order valence-corrected chi connectivity index (χ1v) is 9.23. The largest absolute Gasteiger partial charge is 0.493 e. The van der Waals surface area contributed by atoms with Gasteiger partial charge in [-0.15, -0.1) is 0 Å². The number of nitrogens with zero attached hydrogens (tertiary/aromatic N) is 2. The van der Waals surface area contributed by atoms with Crippen molar-refractivity contribution in [2.24, 2.45) is 0 Å². The van der Waals surface area contributed by atoms with Gasteiger partial charge in [0.15, 0.2) is 11.5 Å². The lowest BCUT2D eigenvalue weighted by atomic mass is 10.1. The Hall–Kier alpha value is -3.88. The van der Waals surface area contributed by atoms with Crippen LogP contribution in [0.4, 0.5) is 0 Å². The fraction of sp³-hybridized carbons (Fsp3) is 0.238. The van der Waals surface area contributed by atoms with Crippen LogP contribution in [0, 0.1) is 6.92 Å². The summed E-state index contributed by atoms with van der Waals surface area (Å²) >= 11 is 0. The van der Waals surface area contributed by atoms with Gasteiger partial charge in [-0.3, -0.25) is 25.2 Å². The highest BCUT2D eigenvalue weighted by Gasteiger charge is 2.14. The summed E-state index contributed by atoms with van der Waals surface area (Å²) in [6, 6.07) is 9.47. The van der Waals surface area contributed by atoms with Crippen LogP contribution in [0.25, 0.3) is 11.0 Å². The van der Waals surface area contributed by atoms with Crippen molar-refractivity contribution in [3.8, 4) is 11.5 Å². The van der Waals surface area contributed by atoms with Crippen molar-refractivity contribution >= 4 is 22.8 Å². The lowest BCUT2D eigenvalue weighted by molar-refractivity contribution is 0.0846. The maximum atomic E-state index is 12.5. The van der Waals surface area contributed by atoms with E-state index in [2.05, 4.69) is 15.8 Å². The molecule has 0 saturated carbocycles. The quantitative estimate of drug-likeness (QED) is 0.621. The predicted molar refractivity (Wildman–Crippen MR) is 111 cm³/mol. The minimum Gasteiger partial charge on any atom is -0.493 e. The monoisotopic (exact) mass is 410 g/mol. The zero-order valence-electron chi connectivity index (χ0n) is 17.1. The summed E-state index contributed by atoms with van der Waals surface area (Å²) in [6.07, 6.45) is 0. The Morgan fingerprint density at radius 2 is 1.57 bits per heavy atom. The van der Waals surface area contributed by atoms with E-state index in [9.17, 15) is 14.4 Å². The molecule has 9 nitrogen and oxygen atoms in total. The molecule has 0 radical (unpaired) electrons. The first-order valence-electron chi connectivity index (χ1n) is 9.23. The average molecular weight is 410 g/mol. The molecule has 0 fully saturated rings. The maximum Gasteiger partial charge on any atom is 0.272 e. The number of aromatic nitrogens is 2. The van der Waals surface area contributed by atoms with Gasteiger partial charge < -0.3 is 14.0 Å². The van der Waals surface area contributed by atoms with Gasteiger partial charge in [0.1, 0.15) is 5.69 Å². The number of amides is 2. The number of fused-ring (bicyclic) bond motifs is 1. The van der Waals surface area contributed by atoms with Crippen molar-refractivity contribution in [2.45, 2.75) is 20.4 Å². The van der Waals surface area contributed by atoms with Gasteiger partial charge in [0.25, 0.3) is 17.4 Å². The molecule has 0 spiro atoms. The number of methoxy groups -OCH3 is 2. The molecule has 0 saturated heterocycles. The zero-order valence-corrected chi connectivity index (χ0v) is 17.1. The van der Waals surface area contributed by atoms with Crippen molar-refractivity contribution in [1.29, 1.82) is 0 Å². The Bertz CT molecular complexity index is 1190. The molecular formula is C21H22N4O5. The third-order valence-electron chi connectivity index (χ3n) is 4.62. The second-order valence-corrected chi connectivity index (χ2v) is 6.43. The topological polar surface area (TPSA) is 112 Å². The minimum atomic E-state index is -0.515. The molecule has 3 rings (SSSR count).